The molecular formula is C12H17ClN4O2. The number of hydrogen-bond donors (Lipinski definition) is 3. The van der Waals surface area contributed by atoms with Crippen molar-refractivity contribution in [3.63, 3.8) is 0 Å². The molecule has 7 heteroatoms. The predicted octanol–water partition coefficient (Wildman–Crippen LogP) is 0.962. The van der Waals surface area contributed by atoms with Crippen molar-refractivity contribution in [1.29, 1.82) is 0 Å². The van der Waals surface area contributed by atoms with Crippen molar-refractivity contribution >= 4 is 29.1 Å². The Kier molecular flexibility index (Phi) is 4.72. The number of carbonyl (C=O) groups is 2. The van der Waals surface area contributed by atoms with Crippen LogP contribution in [-0.2, 0) is 4.79 Å². The fourth-order valence-corrected chi connectivity index (χ4v) is 1.53. The summed E-state index contributed by atoms with van der Waals surface area (Å²) in [6, 6.07) is 1.41. The van der Waals surface area contributed by atoms with Crippen LogP contribution in [0.4, 0.5) is 5.69 Å². The number of nitrogen functional groups attached to an aromatic ring is 1. The summed E-state index contributed by atoms with van der Waals surface area (Å²) in [6.07, 6.45) is 1.35. The third-order valence-electron chi connectivity index (χ3n) is 2.03. The maximum atomic E-state index is 11.8. The van der Waals surface area contributed by atoms with Crippen LogP contribution in [0.15, 0.2) is 12.3 Å². The van der Waals surface area contributed by atoms with Gasteiger partial charge in [0, 0.05) is 5.54 Å². The minimum Gasteiger partial charge on any atom is -0.397 e. The van der Waals surface area contributed by atoms with Gasteiger partial charge in [-0.3, -0.25) is 9.59 Å². The van der Waals surface area contributed by atoms with E-state index in [0.717, 1.165) is 0 Å². The standard InChI is InChI=1S/C12H17ClN4O2/c1-12(2,3)17-9(18)6-16-11(19)8-4-7(14)5-15-10(8)13/h4-5H,6,14H2,1-3H3,(H,16,19)(H,17,18). The minimum atomic E-state index is -0.492. The first kappa shape index (κ1) is 15.2. The molecule has 0 spiro atoms. The second kappa shape index (κ2) is 5.88. The van der Waals surface area contributed by atoms with Gasteiger partial charge in [0.05, 0.1) is 24.0 Å². The van der Waals surface area contributed by atoms with E-state index in [1.807, 2.05) is 20.8 Å². The number of hydrogen-bond acceptors (Lipinski definition) is 4. The molecule has 0 saturated heterocycles. The van der Waals surface area contributed by atoms with E-state index in [1.165, 1.54) is 12.3 Å². The smallest absolute Gasteiger partial charge is 0.254 e. The van der Waals surface area contributed by atoms with Crippen molar-refractivity contribution in [2.24, 2.45) is 0 Å². The Morgan fingerprint density at radius 3 is 2.63 bits per heavy atom. The number of amides is 2. The van der Waals surface area contributed by atoms with Crippen LogP contribution >= 0.6 is 11.6 Å². The van der Waals surface area contributed by atoms with E-state index in [0.29, 0.717) is 5.69 Å². The van der Waals surface area contributed by atoms with E-state index >= 15 is 0 Å². The summed E-state index contributed by atoms with van der Waals surface area (Å²) in [5.74, 6) is -0.775. The first-order chi connectivity index (χ1) is 8.69. The van der Waals surface area contributed by atoms with Crippen LogP contribution in [0.3, 0.4) is 0 Å². The molecule has 0 saturated carbocycles. The predicted molar refractivity (Wildman–Crippen MR) is 73.9 cm³/mol. The molecule has 0 bridgehead atoms. The van der Waals surface area contributed by atoms with Gasteiger partial charge in [-0.05, 0) is 26.8 Å². The monoisotopic (exact) mass is 284 g/mol. The van der Waals surface area contributed by atoms with Crippen LogP contribution in [0.5, 0.6) is 0 Å². The van der Waals surface area contributed by atoms with Gasteiger partial charge in [0.15, 0.2) is 0 Å². The van der Waals surface area contributed by atoms with Gasteiger partial charge >= 0.3 is 0 Å². The molecule has 4 N–H and O–H groups in total. The van der Waals surface area contributed by atoms with Crippen LogP contribution in [0.2, 0.25) is 5.15 Å². The van der Waals surface area contributed by atoms with Gasteiger partial charge in [-0.25, -0.2) is 4.98 Å². The normalized spacial score (nSPS) is 10.9. The lowest BCUT2D eigenvalue weighted by atomic mass is 10.1. The lowest BCUT2D eigenvalue weighted by molar-refractivity contribution is -0.121. The summed E-state index contributed by atoms with van der Waals surface area (Å²) >= 11 is 5.78. The lowest BCUT2D eigenvalue weighted by Crippen LogP contribution is -2.45. The van der Waals surface area contributed by atoms with E-state index in [1.54, 1.807) is 0 Å². The molecule has 0 aliphatic heterocycles. The number of aromatic nitrogens is 1. The summed E-state index contributed by atoms with van der Waals surface area (Å²) in [5, 5.41) is 5.23. The molecule has 1 heterocycles. The molecule has 0 aliphatic rings. The summed E-state index contributed by atoms with van der Waals surface area (Å²) in [7, 11) is 0. The molecule has 1 aromatic heterocycles. The first-order valence-corrected chi connectivity index (χ1v) is 6.07. The average Bonchev–Trinajstić information content (AvgIpc) is 2.27. The zero-order valence-corrected chi connectivity index (χ0v) is 11.8. The highest BCUT2D eigenvalue weighted by Crippen LogP contribution is 2.15. The fourth-order valence-electron chi connectivity index (χ4n) is 1.34. The zero-order chi connectivity index (χ0) is 14.6. The van der Waals surface area contributed by atoms with Crippen molar-refractivity contribution in [1.82, 2.24) is 15.6 Å². The first-order valence-electron chi connectivity index (χ1n) is 5.69. The van der Waals surface area contributed by atoms with E-state index in [-0.39, 0.29) is 28.7 Å². The Morgan fingerprint density at radius 1 is 1.42 bits per heavy atom. The van der Waals surface area contributed by atoms with Crippen molar-refractivity contribution in [3.8, 4) is 0 Å². The van der Waals surface area contributed by atoms with E-state index < -0.39 is 5.91 Å². The molecule has 0 fully saturated rings. The number of halogens is 1. The number of rotatable bonds is 3. The molecule has 19 heavy (non-hydrogen) atoms. The maximum Gasteiger partial charge on any atom is 0.254 e. The Balaban J connectivity index is 2.61. The Hall–Kier alpha value is -1.82. The molecule has 0 aliphatic carbocycles. The summed E-state index contributed by atoms with van der Waals surface area (Å²) < 4.78 is 0. The SMILES string of the molecule is CC(C)(C)NC(=O)CNC(=O)c1cc(N)cnc1Cl. The molecule has 2 amide bonds. The van der Waals surface area contributed by atoms with Gasteiger partial charge in [0.2, 0.25) is 5.91 Å². The van der Waals surface area contributed by atoms with Crippen molar-refractivity contribution < 1.29 is 9.59 Å². The summed E-state index contributed by atoms with van der Waals surface area (Å²) in [5.41, 5.74) is 5.65. The Labute approximate surface area is 116 Å². The third kappa shape index (κ3) is 5.13. The van der Waals surface area contributed by atoms with Crippen LogP contribution in [0.25, 0.3) is 0 Å². The number of nitrogens with zero attached hydrogens (tertiary/aromatic N) is 1. The molecular weight excluding hydrogens is 268 g/mol. The largest absolute Gasteiger partial charge is 0.397 e. The highest BCUT2D eigenvalue weighted by molar-refractivity contribution is 6.32. The van der Waals surface area contributed by atoms with Gasteiger partial charge in [0.25, 0.3) is 5.91 Å². The van der Waals surface area contributed by atoms with Crippen LogP contribution in [0.1, 0.15) is 31.1 Å². The molecule has 104 valence electrons. The van der Waals surface area contributed by atoms with Crippen molar-refractivity contribution in [2.45, 2.75) is 26.3 Å². The number of pyridine rings is 1. The number of carbonyl (C=O) groups excluding carboxylic acids is 2. The second-order valence-electron chi connectivity index (χ2n) is 5.09. The molecule has 1 rings (SSSR count). The summed E-state index contributed by atoms with van der Waals surface area (Å²) in [6.45, 7) is 5.42. The van der Waals surface area contributed by atoms with E-state index in [9.17, 15) is 9.59 Å². The molecule has 0 aromatic carbocycles. The van der Waals surface area contributed by atoms with Crippen molar-refractivity contribution in [3.05, 3.63) is 23.0 Å². The number of nitrogens with one attached hydrogen (secondary N) is 2. The van der Waals surface area contributed by atoms with Crippen LogP contribution in [-0.4, -0.2) is 28.9 Å². The van der Waals surface area contributed by atoms with Gasteiger partial charge in [0.1, 0.15) is 5.15 Å². The molecule has 0 atom stereocenters. The molecule has 0 unspecified atom stereocenters. The number of nitrogens with two attached hydrogens (primary N) is 1. The third-order valence-corrected chi connectivity index (χ3v) is 2.33. The topological polar surface area (TPSA) is 97.1 Å². The highest BCUT2D eigenvalue weighted by Gasteiger charge is 2.16. The van der Waals surface area contributed by atoms with Gasteiger partial charge < -0.3 is 16.4 Å². The van der Waals surface area contributed by atoms with Crippen molar-refractivity contribution in [2.75, 3.05) is 12.3 Å². The molecule has 0 radical (unpaired) electrons. The molecule has 1 aromatic rings. The van der Waals surface area contributed by atoms with E-state index in [4.69, 9.17) is 17.3 Å². The second-order valence-corrected chi connectivity index (χ2v) is 5.45. The fraction of sp³-hybridized carbons (Fsp3) is 0.417. The van der Waals surface area contributed by atoms with Gasteiger partial charge in [-0.15, -0.1) is 0 Å². The molecule has 6 nitrogen and oxygen atoms in total. The number of anilines is 1. The van der Waals surface area contributed by atoms with Crippen LogP contribution in [0, 0.1) is 0 Å². The Bertz CT molecular complexity index is 497. The quantitative estimate of drug-likeness (QED) is 0.720. The van der Waals surface area contributed by atoms with Gasteiger partial charge in [-0.1, -0.05) is 11.6 Å². The van der Waals surface area contributed by atoms with Crippen LogP contribution < -0.4 is 16.4 Å². The Morgan fingerprint density at radius 2 is 2.05 bits per heavy atom. The minimum absolute atomic E-state index is 0.0444. The van der Waals surface area contributed by atoms with Gasteiger partial charge in [-0.2, -0.15) is 0 Å². The highest BCUT2D eigenvalue weighted by atomic mass is 35.5. The summed E-state index contributed by atoms with van der Waals surface area (Å²) in [4.78, 5) is 27.1. The zero-order valence-electron chi connectivity index (χ0n) is 11.1. The maximum absolute atomic E-state index is 11.8. The lowest BCUT2D eigenvalue weighted by Gasteiger charge is -2.20. The average molecular weight is 285 g/mol. The van der Waals surface area contributed by atoms with E-state index in [2.05, 4.69) is 15.6 Å².